The normalized spacial score (nSPS) is 19.7. The zero-order valence-corrected chi connectivity index (χ0v) is 9.97. The maximum atomic E-state index is 4.71. The molecule has 0 spiro atoms. The molecule has 0 aromatic carbocycles. The molecule has 0 radical (unpaired) electrons. The van der Waals surface area contributed by atoms with E-state index >= 15 is 0 Å². The Morgan fingerprint density at radius 3 is 3.25 bits per heavy atom. The molecule has 84 valence electrons. The van der Waals surface area contributed by atoms with Gasteiger partial charge < -0.3 is 10.3 Å². The van der Waals surface area contributed by atoms with Gasteiger partial charge in [0.05, 0.1) is 11.7 Å². The first-order chi connectivity index (χ1) is 7.88. The summed E-state index contributed by atoms with van der Waals surface area (Å²) in [6, 6.07) is 0.420. The topological polar surface area (TPSA) is 53.6 Å². The molecule has 2 aromatic rings. The van der Waals surface area contributed by atoms with Gasteiger partial charge in [0, 0.05) is 17.3 Å². The van der Waals surface area contributed by atoms with Crippen molar-refractivity contribution in [2.45, 2.75) is 25.3 Å². The van der Waals surface area contributed by atoms with Crippen molar-refractivity contribution in [1.82, 2.24) is 20.3 Å². The summed E-state index contributed by atoms with van der Waals surface area (Å²) in [5, 5.41) is 4.34. The maximum absolute atomic E-state index is 4.71. The quantitative estimate of drug-likeness (QED) is 0.837. The van der Waals surface area contributed by atoms with Crippen LogP contribution in [-0.4, -0.2) is 22.0 Å². The number of fused-ring (bicyclic) bond motifs is 1. The molecule has 0 bridgehead atoms. The number of hydrogen-bond acceptors (Lipinski definition) is 4. The first-order valence-corrected chi connectivity index (χ1v) is 6.36. The smallest absolute Gasteiger partial charge is 0.166 e. The highest BCUT2D eigenvalue weighted by Crippen LogP contribution is 2.35. The van der Waals surface area contributed by atoms with Gasteiger partial charge in [0.1, 0.15) is 0 Å². The first-order valence-electron chi connectivity index (χ1n) is 5.55. The number of aryl methyl sites for hydroxylation is 1. The summed E-state index contributed by atoms with van der Waals surface area (Å²) >= 11 is 1.77. The second-order valence-electron chi connectivity index (χ2n) is 4.00. The van der Waals surface area contributed by atoms with Crippen LogP contribution in [0.5, 0.6) is 0 Å². The van der Waals surface area contributed by atoms with Gasteiger partial charge in [-0.1, -0.05) is 0 Å². The third-order valence-electron chi connectivity index (χ3n) is 3.00. The number of nitrogens with one attached hydrogen (secondary N) is 2. The number of rotatable bonds is 2. The summed E-state index contributed by atoms with van der Waals surface area (Å²) in [5.74, 6) is 0.884. The van der Waals surface area contributed by atoms with Crippen LogP contribution in [0, 0.1) is 0 Å². The Bertz CT molecular complexity index is 474. The summed E-state index contributed by atoms with van der Waals surface area (Å²) < 4.78 is 0. The molecule has 5 heteroatoms. The van der Waals surface area contributed by atoms with Gasteiger partial charge in [-0.05, 0) is 26.3 Å². The molecule has 4 nitrogen and oxygen atoms in total. The molecule has 0 saturated heterocycles. The lowest BCUT2D eigenvalue weighted by Crippen LogP contribution is -2.21. The SMILES string of the molecule is CNC1CCCc2sc(-c3ncc[nH]3)nc21. The van der Waals surface area contributed by atoms with E-state index in [1.807, 2.05) is 13.2 Å². The van der Waals surface area contributed by atoms with Gasteiger partial charge >= 0.3 is 0 Å². The molecule has 1 unspecified atom stereocenters. The van der Waals surface area contributed by atoms with Gasteiger partial charge in [-0.25, -0.2) is 9.97 Å². The zero-order chi connectivity index (χ0) is 11.0. The molecule has 2 N–H and O–H groups in total. The van der Waals surface area contributed by atoms with Gasteiger partial charge in [-0.2, -0.15) is 0 Å². The van der Waals surface area contributed by atoms with Crippen LogP contribution in [0.1, 0.15) is 29.5 Å². The average Bonchev–Trinajstić information content (AvgIpc) is 2.96. The third kappa shape index (κ3) is 1.56. The molecule has 1 aliphatic carbocycles. The van der Waals surface area contributed by atoms with Crippen molar-refractivity contribution in [2.24, 2.45) is 0 Å². The number of imidazole rings is 1. The Morgan fingerprint density at radius 2 is 2.50 bits per heavy atom. The predicted octanol–water partition coefficient (Wildman–Crippen LogP) is 2.13. The van der Waals surface area contributed by atoms with Crippen LogP contribution in [0.15, 0.2) is 12.4 Å². The second kappa shape index (κ2) is 3.99. The number of nitrogens with zero attached hydrogens (tertiary/aromatic N) is 2. The number of hydrogen-bond donors (Lipinski definition) is 2. The van der Waals surface area contributed by atoms with E-state index in [4.69, 9.17) is 4.98 Å². The Balaban J connectivity index is 2.02. The zero-order valence-electron chi connectivity index (χ0n) is 9.16. The van der Waals surface area contributed by atoms with Crippen LogP contribution < -0.4 is 5.32 Å². The fourth-order valence-corrected chi connectivity index (χ4v) is 3.31. The fraction of sp³-hybridized carbons (Fsp3) is 0.455. The second-order valence-corrected chi connectivity index (χ2v) is 5.08. The van der Waals surface area contributed by atoms with Crippen LogP contribution in [0.2, 0.25) is 0 Å². The van der Waals surface area contributed by atoms with Crippen LogP contribution in [0.4, 0.5) is 0 Å². The molecule has 3 rings (SSSR count). The Kier molecular flexibility index (Phi) is 2.49. The highest BCUT2D eigenvalue weighted by atomic mass is 32.1. The van der Waals surface area contributed by atoms with Crippen molar-refractivity contribution in [3.05, 3.63) is 23.0 Å². The van der Waals surface area contributed by atoms with Crippen molar-refractivity contribution in [1.29, 1.82) is 0 Å². The molecular weight excluding hydrogens is 220 g/mol. The molecule has 0 aliphatic heterocycles. The number of thiazole rings is 1. The number of H-pyrrole nitrogens is 1. The molecular formula is C11H14N4S. The van der Waals surface area contributed by atoms with E-state index < -0.39 is 0 Å². The monoisotopic (exact) mass is 234 g/mol. The minimum atomic E-state index is 0.420. The molecule has 2 aromatic heterocycles. The van der Waals surface area contributed by atoms with E-state index in [-0.39, 0.29) is 0 Å². The highest BCUT2D eigenvalue weighted by Gasteiger charge is 2.24. The molecule has 0 amide bonds. The van der Waals surface area contributed by atoms with Crippen LogP contribution in [-0.2, 0) is 6.42 Å². The maximum Gasteiger partial charge on any atom is 0.166 e. The van der Waals surface area contributed by atoms with E-state index in [0.717, 1.165) is 17.3 Å². The van der Waals surface area contributed by atoms with Gasteiger partial charge in [0.25, 0.3) is 0 Å². The van der Waals surface area contributed by atoms with Crippen molar-refractivity contribution < 1.29 is 0 Å². The lowest BCUT2D eigenvalue weighted by atomic mass is 9.98. The number of aromatic nitrogens is 3. The minimum Gasteiger partial charge on any atom is -0.343 e. The molecule has 0 saturated carbocycles. The average molecular weight is 234 g/mol. The molecule has 1 atom stereocenters. The minimum absolute atomic E-state index is 0.420. The third-order valence-corrected chi connectivity index (χ3v) is 4.14. The molecule has 2 heterocycles. The first kappa shape index (κ1) is 9.99. The molecule has 1 aliphatic rings. The molecule has 16 heavy (non-hydrogen) atoms. The van der Waals surface area contributed by atoms with Gasteiger partial charge in [0.15, 0.2) is 10.8 Å². The highest BCUT2D eigenvalue weighted by molar-refractivity contribution is 7.15. The fourth-order valence-electron chi connectivity index (χ4n) is 2.18. The largest absolute Gasteiger partial charge is 0.343 e. The Labute approximate surface area is 98.1 Å². The van der Waals surface area contributed by atoms with Crippen molar-refractivity contribution in [3.8, 4) is 10.8 Å². The summed E-state index contributed by atoms with van der Waals surface area (Å²) in [6.45, 7) is 0. The lowest BCUT2D eigenvalue weighted by molar-refractivity contribution is 0.490. The predicted molar refractivity (Wildman–Crippen MR) is 64.4 cm³/mol. The summed E-state index contributed by atoms with van der Waals surface area (Å²) in [6.07, 6.45) is 7.20. The number of aromatic amines is 1. The standard InChI is InChI=1S/C11H14N4S/c1-12-7-3-2-4-8-9(7)15-11(16-8)10-13-5-6-14-10/h5-7,12H,2-4H2,1H3,(H,13,14). The van der Waals surface area contributed by atoms with E-state index in [9.17, 15) is 0 Å². The van der Waals surface area contributed by atoms with Crippen molar-refractivity contribution in [2.75, 3.05) is 7.05 Å². The summed E-state index contributed by atoms with van der Waals surface area (Å²) in [4.78, 5) is 13.5. The van der Waals surface area contributed by atoms with E-state index in [2.05, 4.69) is 15.3 Å². The van der Waals surface area contributed by atoms with Crippen LogP contribution >= 0.6 is 11.3 Å². The summed E-state index contributed by atoms with van der Waals surface area (Å²) in [7, 11) is 2.01. The lowest BCUT2D eigenvalue weighted by Gasteiger charge is -2.19. The van der Waals surface area contributed by atoms with Crippen molar-refractivity contribution >= 4 is 11.3 Å². The molecule has 0 fully saturated rings. The van der Waals surface area contributed by atoms with E-state index in [1.54, 1.807) is 17.5 Å². The Hall–Kier alpha value is -1.20. The van der Waals surface area contributed by atoms with Gasteiger partial charge in [-0.15, -0.1) is 11.3 Å². The van der Waals surface area contributed by atoms with Gasteiger partial charge in [0.2, 0.25) is 0 Å². The summed E-state index contributed by atoms with van der Waals surface area (Å²) in [5.41, 5.74) is 1.23. The van der Waals surface area contributed by atoms with Gasteiger partial charge in [-0.3, -0.25) is 0 Å². The Morgan fingerprint density at radius 1 is 1.56 bits per heavy atom. The van der Waals surface area contributed by atoms with Crippen LogP contribution in [0.25, 0.3) is 10.8 Å². The van der Waals surface area contributed by atoms with Crippen LogP contribution in [0.3, 0.4) is 0 Å². The van der Waals surface area contributed by atoms with E-state index in [0.29, 0.717) is 6.04 Å². The van der Waals surface area contributed by atoms with E-state index in [1.165, 1.54) is 23.4 Å². The van der Waals surface area contributed by atoms with Crippen molar-refractivity contribution in [3.63, 3.8) is 0 Å².